The van der Waals surface area contributed by atoms with Crippen molar-refractivity contribution in [2.75, 3.05) is 5.75 Å². The van der Waals surface area contributed by atoms with E-state index in [1.165, 1.54) is 11.6 Å². The molecule has 0 aliphatic carbocycles. The number of rotatable bonds is 5. The minimum absolute atomic E-state index is 0.100. The zero-order chi connectivity index (χ0) is 19.7. The second kappa shape index (κ2) is 7.66. The highest BCUT2D eigenvalue weighted by atomic mass is 35.5. The Morgan fingerprint density at radius 1 is 1.11 bits per heavy atom. The SMILES string of the molecule is CCc1nc(SCC(=O)c2ccc(Cl)cc2)c2c(=O)n(C)c(=O)n(C)c2n1. The number of Topliss-reactive ketones (excluding diaryl/α,β-unsaturated/α-hetero) is 1. The summed E-state index contributed by atoms with van der Waals surface area (Å²) in [5, 5.41) is 1.19. The van der Waals surface area contributed by atoms with Gasteiger partial charge in [0.15, 0.2) is 11.4 Å². The van der Waals surface area contributed by atoms with E-state index in [4.69, 9.17) is 11.6 Å². The molecule has 0 atom stereocenters. The molecule has 0 N–H and O–H groups in total. The zero-order valence-corrected chi connectivity index (χ0v) is 16.6. The largest absolute Gasteiger partial charge is 0.332 e. The maximum atomic E-state index is 12.6. The average molecular weight is 405 g/mol. The van der Waals surface area contributed by atoms with Gasteiger partial charge in [-0.3, -0.25) is 18.7 Å². The van der Waals surface area contributed by atoms with Gasteiger partial charge in [0.2, 0.25) is 0 Å². The average Bonchev–Trinajstić information content (AvgIpc) is 2.68. The van der Waals surface area contributed by atoms with Crippen molar-refractivity contribution in [1.82, 2.24) is 19.1 Å². The first-order valence-corrected chi connectivity index (χ1v) is 9.58. The van der Waals surface area contributed by atoms with E-state index >= 15 is 0 Å². The van der Waals surface area contributed by atoms with E-state index in [1.54, 1.807) is 31.3 Å². The van der Waals surface area contributed by atoms with Crippen LogP contribution in [0.5, 0.6) is 0 Å². The number of aryl methyl sites for hydroxylation is 2. The number of ketones is 1. The van der Waals surface area contributed by atoms with Gasteiger partial charge in [0, 0.05) is 31.1 Å². The van der Waals surface area contributed by atoms with E-state index < -0.39 is 11.2 Å². The van der Waals surface area contributed by atoms with E-state index in [-0.39, 0.29) is 22.6 Å². The van der Waals surface area contributed by atoms with Gasteiger partial charge in [-0.25, -0.2) is 14.8 Å². The summed E-state index contributed by atoms with van der Waals surface area (Å²) in [6.07, 6.45) is 0.540. The smallest absolute Gasteiger partial charge is 0.293 e. The van der Waals surface area contributed by atoms with Crippen molar-refractivity contribution in [3.63, 3.8) is 0 Å². The van der Waals surface area contributed by atoms with Gasteiger partial charge in [-0.1, -0.05) is 30.3 Å². The van der Waals surface area contributed by atoms with Crippen molar-refractivity contribution in [3.05, 3.63) is 61.5 Å². The molecule has 27 heavy (non-hydrogen) atoms. The van der Waals surface area contributed by atoms with Crippen LogP contribution in [-0.2, 0) is 20.5 Å². The number of carbonyl (C=O) groups is 1. The van der Waals surface area contributed by atoms with Crippen LogP contribution >= 0.6 is 23.4 Å². The lowest BCUT2D eigenvalue weighted by Gasteiger charge is -2.11. The summed E-state index contributed by atoms with van der Waals surface area (Å²) < 4.78 is 2.34. The summed E-state index contributed by atoms with van der Waals surface area (Å²) in [5.74, 6) is 0.499. The standard InChI is InChI=1S/C18H17ClN4O3S/c1-4-13-20-15-14(17(25)23(3)18(26)22(15)2)16(21-13)27-9-12(24)10-5-7-11(19)8-6-10/h5-8H,4,9H2,1-3H3. The van der Waals surface area contributed by atoms with Crippen LogP contribution in [0.2, 0.25) is 5.02 Å². The van der Waals surface area contributed by atoms with Gasteiger partial charge in [-0.05, 0) is 24.3 Å². The highest BCUT2D eigenvalue weighted by Gasteiger charge is 2.18. The Morgan fingerprint density at radius 2 is 1.78 bits per heavy atom. The van der Waals surface area contributed by atoms with Crippen LogP contribution in [-0.4, -0.2) is 30.6 Å². The molecule has 7 nitrogen and oxygen atoms in total. The number of thioether (sulfide) groups is 1. The summed E-state index contributed by atoms with van der Waals surface area (Å²) >= 11 is 7.01. The Balaban J connectivity index is 2.05. The zero-order valence-electron chi connectivity index (χ0n) is 15.0. The molecule has 0 radical (unpaired) electrons. The van der Waals surface area contributed by atoms with Crippen LogP contribution in [0.15, 0.2) is 38.9 Å². The normalized spacial score (nSPS) is 11.1. The van der Waals surface area contributed by atoms with Crippen molar-refractivity contribution in [1.29, 1.82) is 0 Å². The third kappa shape index (κ3) is 3.68. The van der Waals surface area contributed by atoms with Crippen LogP contribution in [0.3, 0.4) is 0 Å². The minimum atomic E-state index is -0.475. The molecule has 9 heteroatoms. The predicted molar refractivity (Wildman–Crippen MR) is 106 cm³/mol. The lowest BCUT2D eigenvalue weighted by molar-refractivity contribution is 0.102. The molecule has 0 bridgehead atoms. The third-order valence-corrected chi connectivity index (χ3v) is 5.36. The molecule has 0 spiro atoms. The fourth-order valence-electron chi connectivity index (χ4n) is 2.59. The van der Waals surface area contributed by atoms with E-state index in [2.05, 4.69) is 9.97 Å². The Kier molecular flexibility index (Phi) is 5.48. The van der Waals surface area contributed by atoms with Crippen molar-refractivity contribution < 1.29 is 4.79 Å². The molecule has 3 rings (SSSR count). The molecular formula is C18H17ClN4O3S. The highest BCUT2D eigenvalue weighted by molar-refractivity contribution is 8.00. The molecule has 0 fully saturated rings. The third-order valence-electron chi connectivity index (χ3n) is 4.14. The number of halogens is 1. The highest BCUT2D eigenvalue weighted by Crippen LogP contribution is 2.23. The van der Waals surface area contributed by atoms with Crippen LogP contribution in [0, 0.1) is 0 Å². The number of carbonyl (C=O) groups excluding carboxylic acids is 1. The maximum absolute atomic E-state index is 12.6. The number of fused-ring (bicyclic) bond motifs is 1. The van der Waals surface area contributed by atoms with Gasteiger partial charge in [0.1, 0.15) is 16.2 Å². The lowest BCUT2D eigenvalue weighted by atomic mass is 10.1. The molecule has 1 aromatic carbocycles. The summed E-state index contributed by atoms with van der Waals surface area (Å²) in [6, 6.07) is 6.62. The van der Waals surface area contributed by atoms with Crippen molar-refractivity contribution in [2.45, 2.75) is 18.4 Å². The quantitative estimate of drug-likeness (QED) is 0.368. The van der Waals surface area contributed by atoms with Crippen molar-refractivity contribution in [2.24, 2.45) is 14.1 Å². The van der Waals surface area contributed by atoms with Gasteiger partial charge in [-0.2, -0.15) is 0 Å². The van der Waals surface area contributed by atoms with Crippen LogP contribution in [0.25, 0.3) is 11.0 Å². The minimum Gasteiger partial charge on any atom is -0.293 e. The van der Waals surface area contributed by atoms with Crippen molar-refractivity contribution >= 4 is 40.2 Å². The van der Waals surface area contributed by atoms with E-state index in [1.807, 2.05) is 6.92 Å². The fourth-order valence-corrected chi connectivity index (χ4v) is 3.64. The van der Waals surface area contributed by atoms with Gasteiger partial charge < -0.3 is 0 Å². The van der Waals surface area contributed by atoms with Gasteiger partial charge in [0.05, 0.1) is 5.75 Å². The summed E-state index contributed by atoms with van der Waals surface area (Å²) in [5.41, 5.74) is -0.128. The molecule has 3 aromatic rings. The Bertz CT molecular complexity index is 1150. The maximum Gasteiger partial charge on any atom is 0.332 e. The van der Waals surface area contributed by atoms with Gasteiger partial charge in [-0.15, -0.1) is 0 Å². The molecule has 0 aliphatic rings. The molecule has 0 saturated carbocycles. The lowest BCUT2D eigenvalue weighted by Crippen LogP contribution is -2.37. The second-order valence-corrected chi connectivity index (χ2v) is 7.32. The number of benzene rings is 1. The summed E-state index contributed by atoms with van der Waals surface area (Å²) in [4.78, 5) is 46.0. The van der Waals surface area contributed by atoms with E-state index in [0.717, 1.165) is 16.3 Å². The van der Waals surface area contributed by atoms with E-state index in [9.17, 15) is 14.4 Å². The number of aromatic nitrogens is 4. The number of hydrogen-bond acceptors (Lipinski definition) is 6. The van der Waals surface area contributed by atoms with E-state index in [0.29, 0.717) is 27.9 Å². The Hall–Kier alpha value is -2.45. The molecular weight excluding hydrogens is 388 g/mol. The number of hydrogen-bond donors (Lipinski definition) is 0. The predicted octanol–water partition coefficient (Wildman–Crippen LogP) is 2.22. The molecule has 0 aliphatic heterocycles. The Labute approximate surface area is 164 Å². The molecule has 0 saturated heterocycles. The number of nitrogens with zero attached hydrogens (tertiary/aromatic N) is 4. The molecule has 2 aromatic heterocycles. The van der Waals surface area contributed by atoms with Crippen LogP contribution < -0.4 is 11.2 Å². The van der Waals surface area contributed by atoms with Gasteiger partial charge >= 0.3 is 5.69 Å². The topological polar surface area (TPSA) is 86.9 Å². The van der Waals surface area contributed by atoms with Crippen LogP contribution in [0.4, 0.5) is 0 Å². The summed E-state index contributed by atoms with van der Waals surface area (Å²) in [6.45, 7) is 1.88. The first kappa shape index (κ1) is 19.3. The molecule has 0 amide bonds. The molecule has 140 valence electrons. The fraction of sp³-hybridized carbons (Fsp3) is 0.278. The van der Waals surface area contributed by atoms with Crippen molar-refractivity contribution in [3.8, 4) is 0 Å². The van der Waals surface area contributed by atoms with Gasteiger partial charge in [0.25, 0.3) is 5.56 Å². The molecule has 2 heterocycles. The van der Waals surface area contributed by atoms with Crippen LogP contribution in [0.1, 0.15) is 23.1 Å². The molecule has 0 unspecified atom stereocenters. The first-order chi connectivity index (χ1) is 12.8. The first-order valence-electron chi connectivity index (χ1n) is 8.21. The summed E-state index contributed by atoms with van der Waals surface area (Å²) in [7, 11) is 2.97. The second-order valence-electron chi connectivity index (χ2n) is 5.92. The Morgan fingerprint density at radius 3 is 2.41 bits per heavy atom. The monoisotopic (exact) mass is 404 g/mol.